The summed E-state index contributed by atoms with van der Waals surface area (Å²) in [6.45, 7) is 0.106. The Morgan fingerprint density at radius 2 is 2.03 bits per heavy atom. The van der Waals surface area contributed by atoms with Crippen LogP contribution in [-0.2, 0) is 11.4 Å². The van der Waals surface area contributed by atoms with Crippen molar-refractivity contribution in [2.24, 2.45) is 0 Å². The van der Waals surface area contributed by atoms with Crippen molar-refractivity contribution < 1.29 is 23.6 Å². The van der Waals surface area contributed by atoms with Gasteiger partial charge in [-0.25, -0.2) is 0 Å². The summed E-state index contributed by atoms with van der Waals surface area (Å²) < 4.78 is 16.0. The molecule has 2 aromatic carbocycles. The second-order valence-corrected chi connectivity index (χ2v) is 6.47. The van der Waals surface area contributed by atoms with E-state index in [1.54, 1.807) is 12.1 Å². The summed E-state index contributed by atoms with van der Waals surface area (Å²) in [4.78, 5) is 22.5. The number of carbonyl (C=O) groups is 1. The lowest BCUT2D eigenvalue weighted by Gasteiger charge is -2.09. The van der Waals surface area contributed by atoms with Crippen molar-refractivity contribution >= 4 is 29.0 Å². The summed E-state index contributed by atoms with van der Waals surface area (Å²) in [5.74, 6) is 0.816. The molecule has 0 bridgehead atoms. The van der Waals surface area contributed by atoms with E-state index in [0.717, 1.165) is 11.8 Å². The van der Waals surface area contributed by atoms with Gasteiger partial charge in [0, 0.05) is 12.1 Å². The molecule has 0 saturated heterocycles. The van der Waals surface area contributed by atoms with Gasteiger partial charge in [-0.2, -0.15) is 0 Å². The first-order valence-electron chi connectivity index (χ1n) is 8.30. The van der Waals surface area contributed by atoms with Crippen LogP contribution in [0.5, 0.6) is 11.5 Å². The molecular formula is C18H16N4O6S. The fraction of sp³-hybridized carbons (Fsp3) is 0.167. The number of hydrogen-bond acceptors (Lipinski definition) is 9. The predicted molar refractivity (Wildman–Crippen MR) is 104 cm³/mol. The monoisotopic (exact) mass is 416 g/mol. The number of nitro benzene ring substituents is 1. The molecule has 1 aromatic heterocycles. The number of amides is 1. The maximum Gasteiger partial charge on any atom is 0.277 e. The van der Waals surface area contributed by atoms with Gasteiger partial charge in [0.15, 0.2) is 6.61 Å². The lowest BCUT2D eigenvalue weighted by Crippen LogP contribution is -2.15. The smallest absolute Gasteiger partial charge is 0.277 e. The summed E-state index contributed by atoms with van der Waals surface area (Å²) in [7, 11) is 1.41. The second-order valence-electron chi connectivity index (χ2n) is 5.54. The van der Waals surface area contributed by atoms with E-state index in [1.165, 1.54) is 25.3 Å². The van der Waals surface area contributed by atoms with E-state index in [0.29, 0.717) is 11.5 Å². The first-order chi connectivity index (χ1) is 14.0. The fourth-order valence-corrected chi connectivity index (χ4v) is 2.82. The van der Waals surface area contributed by atoms with Crippen LogP contribution < -0.4 is 14.8 Å². The average Bonchev–Trinajstić information content (AvgIpc) is 3.19. The van der Waals surface area contributed by atoms with E-state index >= 15 is 0 Å². The van der Waals surface area contributed by atoms with Gasteiger partial charge in [-0.05, 0) is 18.2 Å². The molecule has 0 unspecified atom stereocenters. The minimum absolute atomic E-state index is 0.0347. The summed E-state index contributed by atoms with van der Waals surface area (Å²) in [6, 6.07) is 13.1. The molecule has 0 radical (unpaired) electrons. The van der Waals surface area contributed by atoms with E-state index in [-0.39, 0.29) is 34.8 Å². The van der Waals surface area contributed by atoms with E-state index in [9.17, 15) is 14.9 Å². The number of aromatic nitrogens is 2. The largest absolute Gasteiger partial charge is 0.495 e. The van der Waals surface area contributed by atoms with E-state index in [4.69, 9.17) is 13.9 Å². The SMILES string of the molecule is COc1ccc([N+](=O)[O-])cc1NC(=O)CSc1nnc(COc2ccccc2)o1. The molecule has 0 spiro atoms. The molecule has 3 rings (SSSR count). The molecule has 11 heteroatoms. The van der Waals surface area contributed by atoms with Crippen molar-refractivity contribution in [2.45, 2.75) is 11.8 Å². The van der Waals surface area contributed by atoms with Gasteiger partial charge >= 0.3 is 0 Å². The number of para-hydroxylation sites is 1. The highest BCUT2D eigenvalue weighted by atomic mass is 32.2. The first-order valence-corrected chi connectivity index (χ1v) is 9.29. The fourth-order valence-electron chi connectivity index (χ4n) is 2.24. The normalized spacial score (nSPS) is 10.4. The van der Waals surface area contributed by atoms with Crippen molar-refractivity contribution in [1.29, 1.82) is 0 Å². The molecule has 0 fully saturated rings. The average molecular weight is 416 g/mol. The second kappa shape index (κ2) is 9.55. The molecule has 1 heterocycles. The number of thioether (sulfide) groups is 1. The lowest BCUT2D eigenvalue weighted by molar-refractivity contribution is -0.384. The van der Waals surface area contributed by atoms with Gasteiger partial charge < -0.3 is 19.2 Å². The minimum Gasteiger partial charge on any atom is -0.495 e. The number of anilines is 1. The highest BCUT2D eigenvalue weighted by Crippen LogP contribution is 2.29. The lowest BCUT2D eigenvalue weighted by atomic mass is 10.2. The van der Waals surface area contributed by atoms with Crippen LogP contribution in [0.4, 0.5) is 11.4 Å². The van der Waals surface area contributed by atoms with Crippen LogP contribution in [-0.4, -0.2) is 33.9 Å². The Morgan fingerprint density at radius 3 is 2.76 bits per heavy atom. The Hall–Kier alpha value is -3.60. The van der Waals surface area contributed by atoms with E-state index in [2.05, 4.69) is 15.5 Å². The number of methoxy groups -OCH3 is 1. The summed E-state index contributed by atoms with van der Waals surface area (Å²) >= 11 is 1.03. The number of nitro groups is 1. The van der Waals surface area contributed by atoms with Crippen LogP contribution in [0.3, 0.4) is 0 Å². The van der Waals surface area contributed by atoms with Crippen molar-refractivity contribution in [3.63, 3.8) is 0 Å². The van der Waals surface area contributed by atoms with Crippen LogP contribution >= 0.6 is 11.8 Å². The number of ether oxygens (including phenoxy) is 2. The Balaban J connectivity index is 1.53. The molecule has 3 aromatic rings. The van der Waals surface area contributed by atoms with Gasteiger partial charge in [0.05, 0.1) is 23.5 Å². The molecular weight excluding hydrogens is 400 g/mol. The van der Waals surface area contributed by atoms with Crippen molar-refractivity contribution in [1.82, 2.24) is 10.2 Å². The highest BCUT2D eigenvalue weighted by Gasteiger charge is 2.15. The molecule has 10 nitrogen and oxygen atoms in total. The third-order valence-electron chi connectivity index (χ3n) is 3.55. The van der Waals surface area contributed by atoms with Crippen LogP contribution in [0, 0.1) is 10.1 Å². The molecule has 0 saturated carbocycles. The standard InChI is InChI=1S/C18H16N4O6S/c1-26-15-8-7-12(22(24)25)9-14(15)19-16(23)11-29-18-21-20-17(28-18)10-27-13-5-3-2-4-6-13/h2-9H,10-11H2,1H3,(H,19,23). The maximum absolute atomic E-state index is 12.2. The number of hydrogen-bond donors (Lipinski definition) is 1. The van der Waals surface area contributed by atoms with Crippen LogP contribution in [0.15, 0.2) is 58.2 Å². The first kappa shape index (κ1) is 20.1. The molecule has 0 atom stereocenters. The highest BCUT2D eigenvalue weighted by molar-refractivity contribution is 7.99. The Bertz CT molecular complexity index is 995. The Labute approximate surface area is 169 Å². The number of nitrogens with one attached hydrogen (secondary N) is 1. The van der Waals surface area contributed by atoms with Crippen LogP contribution in [0.25, 0.3) is 0 Å². The van der Waals surface area contributed by atoms with E-state index < -0.39 is 10.8 Å². The van der Waals surface area contributed by atoms with Gasteiger partial charge in [0.25, 0.3) is 16.8 Å². The third kappa shape index (κ3) is 5.69. The number of non-ortho nitro benzene ring substituents is 1. The Kier molecular flexibility index (Phi) is 6.63. The minimum atomic E-state index is -0.554. The molecule has 0 aliphatic heterocycles. The zero-order valence-electron chi connectivity index (χ0n) is 15.2. The van der Waals surface area contributed by atoms with Gasteiger partial charge in [-0.1, -0.05) is 30.0 Å². The Morgan fingerprint density at radius 1 is 1.24 bits per heavy atom. The summed E-state index contributed by atoms with van der Waals surface area (Å²) in [5, 5.41) is 21.4. The number of benzene rings is 2. The van der Waals surface area contributed by atoms with Crippen LogP contribution in [0.1, 0.15) is 5.89 Å². The number of nitrogens with zero attached hydrogens (tertiary/aromatic N) is 3. The zero-order chi connectivity index (χ0) is 20.6. The maximum atomic E-state index is 12.2. The molecule has 1 amide bonds. The quantitative estimate of drug-likeness (QED) is 0.317. The molecule has 150 valence electrons. The van der Waals surface area contributed by atoms with Crippen molar-refractivity contribution in [2.75, 3.05) is 18.2 Å². The van der Waals surface area contributed by atoms with Crippen molar-refractivity contribution in [3.05, 3.63) is 64.5 Å². The molecule has 0 aliphatic rings. The molecule has 1 N–H and O–H groups in total. The van der Waals surface area contributed by atoms with Gasteiger partial charge in [-0.3, -0.25) is 14.9 Å². The van der Waals surface area contributed by atoms with Gasteiger partial charge in [0.2, 0.25) is 5.91 Å². The van der Waals surface area contributed by atoms with Crippen LogP contribution in [0.2, 0.25) is 0 Å². The number of carbonyl (C=O) groups excluding carboxylic acids is 1. The zero-order valence-corrected chi connectivity index (χ0v) is 16.0. The third-order valence-corrected chi connectivity index (χ3v) is 4.37. The molecule has 29 heavy (non-hydrogen) atoms. The topological polar surface area (TPSA) is 130 Å². The van der Waals surface area contributed by atoms with Crippen molar-refractivity contribution in [3.8, 4) is 11.5 Å². The number of rotatable bonds is 9. The van der Waals surface area contributed by atoms with E-state index in [1.807, 2.05) is 18.2 Å². The summed E-state index contributed by atoms with van der Waals surface area (Å²) in [5.41, 5.74) is 0.0449. The van der Waals surface area contributed by atoms with Gasteiger partial charge in [-0.15, -0.1) is 10.2 Å². The summed E-state index contributed by atoms with van der Waals surface area (Å²) in [6.07, 6.45) is 0. The molecule has 0 aliphatic carbocycles. The predicted octanol–water partition coefficient (Wildman–Crippen LogP) is 3.30. The van der Waals surface area contributed by atoms with Gasteiger partial charge in [0.1, 0.15) is 11.5 Å².